The molecule has 1 saturated heterocycles. The van der Waals surface area contributed by atoms with E-state index in [4.69, 9.17) is 14.4 Å². The van der Waals surface area contributed by atoms with E-state index in [0.717, 1.165) is 25.9 Å². The second kappa shape index (κ2) is 4.39. The molecule has 1 aliphatic rings. The molecule has 1 fully saturated rings. The Morgan fingerprint density at radius 2 is 2.47 bits per heavy atom. The molecule has 0 spiro atoms. The van der Waals surface area contributed by atoms with Gasteiger partial charge in [0.2, 0.25) is 5.89 Å². The lowest BCUT2D eigenvalue weighted by molar-refractivity contribution is 0.0680. The van der Waals surface area contributed by atoms with Crippen molar-refractivity contribution in [1.82, 2.24) is 10.1 Å². The van der Waals surface area contributed by atoms with Crippen LogP contribution in [0.5, 0.6) is 0 Å². The van der Waals surface area contributed by atoms with Crippen molar-refractivity contribution in [2.24, 2.45) is 0 Å². The van der Waals surface area contributed by atoms with Crippen LogP contribution in [0.3, 0.4) is 0 Å². The summed E-state index contributed by atoms with van der Waals surface area (Å²) in [5, 5.41) is 11.9. The van der Waals surface area contributed by atoms with Crippen LogP contribution in [0.2, 0.25) is 0 Å². The minimum absolute atomic E-state index is 0.255. The number of rotatable bonds is 4. The van der Waals surface area contributed by atoms with Crippen LogP contribution in [0, 0.1) is 0 Å². The van der Waals surface area contributed by atoms with Crippen LogP contribution in [0.25, 0.3) is 0 Å². The van der Waals surface area contributed by atoms with Crippen LogP contribution in [-0.4, -0.2) is 33.9 Å². The number of carboxylic acids is 1. The van der Waals surface area contributed by atoms with E-state index in [2.05, 4.69) is 10.1 Å². The Labute approximate surface area is 86.2 Å². The van der Waals surface area contributed by atoms with Crippen LogP contribution in [-0.2, 0) is 11.2 Å². The van der Waals surface area contributed by atoms with Crippen molar-refractivity contribution in [3.05, 3.63) is 11.7 Å². The number of aromatic carboxylic acids is 1. The molecular formula is C9H12N2O4. The number of hydrogen-bond acceptors (Lipinski definition) is 5. The first kappa shape index (κ1) is 10.1. The monoisotopic (exact) mass is 212 g/mol. The summed E-state index contributed by atoms with van der Waals surface area (Å²) in [6.07, 6.45) is 3.78. The number of aromatic nitrogens is 2. The average molecular weight is 212 g/mol. The summed E-state index contributed by atoms with van der Waals surface area (Å²) in [7, 11) is 0. The molecular weight excluding hydrogens is 200 g/mol. The van der Waals surface area contributed by atoms with Gasteiger partial charge >= 0.3 is 5.97 Å². The van der Waals surface area contributed by atoms with Crippen molar-refractivity contribution in [2.75, 3.05) is 6.61 Å². The van der Waals surface area contributed by atoms with Crippen LogP contribution in [0.4, 0.5) is 0 Å². The van der Waals surface area contributed by atoms with Crippen LogP contribution in [0.15, 0.2) is 4.52 Å². The number of aryl methyl sites for hydroxylation is 1. The lowest BCUT2D eigenvalue weighted by Crippen LogP contribution is -2.06. The van der Waals surface area contributed by atoms with Gasteiger partial charge in [0.25, 0.3) is 5.82 Å². The second-order valence-corrected chi connectivity index (χ2v) is 3.49. The van der Waals surface area contributed by atoms with Gasteiger partial charge in [-0.15, -0.1) is 0 Å². The van der Waals surface area contributed by atoms with Gasteiger partial charge in [-0.25, -0.2) is 4.79 Å². The lowest BCUT2D eigenvalue weighted by Gasteiger charge is -2.05. The molecule has 0 saturated carbocycles. The number of ether oxygens (including phenoxy) is 1. The molecule has 82 valence electrons. The Balaban J connectivity index is 1.84. The zero-order chi connectivity index (χ0) is 10.7. The summed E-state index contributed by atoms with van der Waals surface area (Å²) in [6, 6.07) is 0. The van der Waals surface area contributed by atoms with Gasteiger partial charge in [-0.3, -0.25) is 0 Å². The zero-order valence-corrected chi connectivity index (χ0v) is 8.18. The van der Waals surface area contributed by atoms with E-state index >= 15 is 0 Å². The largest absolute Gasteiger partial charge is 0.475 e. The van der Waals surface area contributed by atoms with E-state index in [1.54, 1.807) is 0 Å². The number of carbonyl (C=O) groups is 1. The number of nitrogens with zero attached hydrogens (tertiary/aromatic N) is 2. The minimum Gasteiger partial charge on any atom is -0.475 e. The Bertz CT molecular complexity index is 344. The van der Waals surface area contributed by atoms with E-state index in [1.165, 1.54) is 0 Å². The van der Waals surface area contributed by atoms with Crippen molar-refractivity contribution >= 4 is 5.97 Å². The molecule has 15 heavy (non-hydrogen) atoms. The quantitative estimate of drug-likeness (QED) is 0.797. The molecule has 0 aliphatic carbocycles. The molecule has 0 bridgehead atoms. The van der Waals surface area contributed by atoms with Gasteiger partial charge < -0.3 is 14.4 Å². The minimum atomic E-state index is -1.16. The molecule has 0 aromatic carbocycles. The first-order valence-electron chi connectivity index (χ1n) is 4.93. The van der Waals surface area contributed by atoms with E-state index in [-0.39, 0.29) is 11.9 Å². The van der Waals surface area contributed by atoms with Crippen molar-refractivity contribution in [2.45, 2.75) is 31.8 Å². The Kier molecular flexibility index (Phi) is 2.96. The fourth-order valence-corrected chi connectivity index (χ4v) is 1.60. The third-order valence-corrected chi connectivity index (χ3v) is 2.36. The van der Waals surface area contributed by atoms with Gasteiger partial charge in [-0.2, -0.15) is 4.98 Å². The van der Waals surface area contributed by atoms with Crippen molar-refractivity contribution in [1.29, 1.82) is 0 Å². The van der Waals surface area contributed by atoms with Crippen molar-refractivity contribution in [3.63, 3.8) is 0 Å². The Hall–Kier alpha value is -1.43. The molecule has 6 heteroatoms. The summed E-state index contributed by atoms with van der Waals surface area (Å²) in [5.41, 5.74) is 0. The first-order valence-corrected chi connectivity index (χ1v) is 4.93. The van der Waals surface area contributed by atoms with E-state index < -0.39 is 5.97 Å². The molecule has 6 nitrogen and oxygen atoms in total. The van der Waals surface area contributed by atoms with Crippen molar-refractivity contribution < 1.29 is 19.2 Å². The first-order chi connectivity index (χ1) is 7.25. The third kappa shape index (κ3) is 2.53. The van der Waals surface area contributed by atoms with Gasteiger partial charge in [-0.1, -0.05) is 0 Å². The van der Waals surface area contributed by atoms with E-state index in [0.29, 0.717) is 12.3 Å². The molecule has 1 aromatic rings. The molecule has 1 aromatic heterocycles. The van der Waals surface area contributed by atoms with E-state index in [9.17, 15) is 4.79 Å². The molecule has 2 heterocycles. The van der Waals surface area contributed by atoms with E-state index in [1.807, 2.05) is 0 Å². The highest BCUT2D eigenvalue weighted by molar-refractivity contribution is 5.82. The number of hydrogen-bond donors (Lipinski definition) is 1. The average Bonchev–Trinajstić information content (AvgIpc) is 2.86. The second-order valence-electron chi connectivity index (χ2n) is 3.49. The maximum absolute atomic E-state index is 10.5. The molecule has 0 amide bonds. The zero-order valence-electron chi connectivity index (χ0n) is 8.18. The molecule has 1 aliphatic heterocycles. The maximum Gasteiger partial charge on any atom is 0.377 e. The summed E-state index contributed by atoms with van der Waals surface area (Å²) in [5.74, 6) is -1.08. The van der Waals surface area contributed by atoms with Crippen LogP contribution in [0.1, 0.15) is 35.8 Å². The Morgan fingerprint density at radius 1 is 1.60 bits per heavy atom. The molecule has 2 rings (SSSR count). The summed E-state index contributed by atoms with van der Waals surface area (Å²) >= 11 is 0. The SMILES string of the molecule is O=C(O)c1noc(CCC2CCCO2)n1. The predicted octanol–water partition coefficient (Wildman–Crippen LogP) is 0.879. The van der Waals surface area contributed by atoms with Gasteiger partial charge in [0.05, 0.1) is 6.10 Å². The maximum atomic E-state index is 10.5. The molecule has 0 radical (unpaired) electrons. The summed E-state index contributed by atoms with van der Waals surface area (Å²) in [6.45, 7) is 0.814. The highest BCUT2D eigenvalue weighted by atomic mass is 16.5. The van der Waals surface area contributed by atoms with Crippen LogP contribution < -0.4 is 0 Å². The number of carboxylic acid groups (broad SMARTS) is 1. The van der Waals surface area contributed by atoms with Crippen molar-refractivity contribution in [3.8, 4) is 0 Å². The fourth-order valence-electron chi connectivity index (χ4n) is 1.60. The van der Waals surface area contributed by atoms with Crippen LogP contribution >= 0.6 is 0 Å². The smallest absolute Gasteiger partial charge is 0.377 e. The fraction of sp³-hybridized carbons (Fsp3) is 0.667. The van der Waals surface area contributed by atoms with Gasteiger partial charge in [0, 0.05) is 13.0 Å². The lowest BCUT2D eigenvalue weighted by atomic mass is 10.1. The molecule has 1 atom stereocenters. The highest BCUT2D eigenvalue weighted by Gasteiger charge is 2.18. The topological polar surface area (TPSA) is 85.5 Å². The van der Waals surface area contributed by atoms with Gasteiger partial charge in [-0.05, 0) is 24.4 Å². The summed E-state index contributed by atoms with van der Waals surface area (Å²) in [4.78, 5) is 14.2. The van der Waals surface area contributed by atoms with Gasteiger partial charge in [0.1, 0.15) is 0 Å². The third-order valence-electron chi connectivity index (χ3n) is 2.36. The summed E-state index contributed by atoms with van der Waals surface area (Å²) < 4.78 is 10.2. The predicted molar refractivity (Wildman–Crippen MR) is 48.6 cm³/mol. The normalized spacial score (nSPS) is 20.7. The van der Waals surface area contributed by atoms with Gasteiger partial charge in [0.15, 0.2) is 0 Å². The highest BCUT2D eigenvalue weighted by Crippen LogP contribution is 2.17. The molecule has 1 N–H and O–H groups in total. The molecule has 1 unspecified atom stereocenters. The standard InChI is InChI=1S/C9H12N2O4/c12-9(13)8-10-7(15-11-8)4-3-6-2-1-5-14-6/h6H,1-5H2,(H,12,13). The Morgan fingerprint density at radius 3 is 3.07 bits per heavy atom.